The van der Waals surface area contributed by atoms with Gasteiger partial charge in [0.1, 0.15) is 45.1 Å². The number of ether oxygens (including phenoxy) is 3. The number of aliphatic hydroxyl groups is 1. The topological polar surface area (TPSA) is 193 Å². The third kappa shape index (κ3) is 2.69. The van der Waals surface area contributed by atoms with E-state index in [1.165, 1.54) is 33.3 Å². The maximum atomic E-state index is 14.2. The Morgan fingerprint density at radius 2 is 1.61 bits per heavy atom. The summed E-state index contributed by atoms with van der Waals surface area (Å²) in [4.78, 5) is 40.6. The van der Waals surface area contributed by atoms with E-state index in [0.29, 0.717) is 0 Å². The Morgan fingerprint density at radius 1 is 0.878 bits per heavy atom. The van der Waals surface area contributed by atoms with Gasteiger partial charge in [0.2, 0.25) is 0 Å². The number of methoxy groups -OCH3 is 2. The molecule has 7 rings (SSSR count). The van der Waals surface area contributed by atoms with Gasteiger partial charge in [-0.1, -0.05) is 0 Å². The highest BCUT2D eigenvalue weighted by Crippen LogP contribution is 2.65. The van der Waals surface area contributed by atoms with Crippen LogP contribution >= 0.6 is 0 Å². The molecule has 12 nitrogen and oxygen atoms in total. The second-order valence-corrected chi connectivity index (χ2v) is 10.3. The first-order valence-electron chi connectivity index (χ1n) is 12.3. The van der Waals surface area contributed by atoms with Gasteiger partial charge in [-0.15, -0.1) is 0 Å². The first-order valence-corrected chi connectivity index (χ1v) is 12.3. The Kier molecular flexibility index (Phi) is 4.53. The summed E-state index contributed by atoms with van der Waals surface area (Å²) in [6, 6.07) is 4.64. The van der Waals surface area contributed by atoms with E-state index >= 15 is 0 Å². The molecule has 2 heterocycles. The summed E-state index contributed by atoms with van der Waals surface area (Å²) >= 11 is 0. The number of carbonyl (C=O) groups excluding carboxylic acids is 2. The van der Waals surface area contributed by atoms with Crippen molar-refractivity contribution in [3.05, 3.63) is 63.0 Å². The predicted octanol–water partition coefficient (Wildman–Crippen LogP) is 2.67. The average molecular weight is 560 g/mol. The third-order valence-electron chi connectivity index (χ3n) is 8.38. The highest BCUT2D eigenvalue weighted by atomic mass is 16.6. The van der Waals surface area contributed by atoms with Gasteiger partial charge in [-0.05, 0) is 19.1 Å². The van der Waals surface area contributed by atoms with Crippen LogP contribution in [-0.2, 0) is 15.1 Å². The van der Waals surface area contributed by atoms with Crippen LogP contribution in [-0.4, -0.2) is 57.1 Å². The van der Waals surface area contributed by atoms with Gasteiger partial charge < -0.3 is 44.2 Å². The molecule has 1 aromatic heterocycles. The molecule has 12 heteroatoms. The quantitative estimate of drug-likeness (QED) is 0.104. The van der Waals surface area contributed by atoms with Crippen LogP contribution in [0.4, 0.5) is 0 Å². The van der Waals surface area contributed by atoms with Gasteiger partial charge in [0.05, 0.1) is 20.1 Å². The van der Waals surface area contributed by atoms with Gasteiger partial charge in [-0.25, -0.2) is 9.59 Å². The van der Waals surface area contributed by atoms with Crippen LogP contribution in [0.5, 0.6) is 34.5 Å². The highest BCUT2D eigenvalue weighted by Gasteiger charge is 2.66. The first-order chi connectivity index (χ1) is 19.4. The molecular formula is C29H20O12. The zero-order chi connectivity index (χ0) is 29.3. The largest absolute Gasteiger partial charge is 0.507 e. The second-order valence-electron chi connectivity index (χ2n) is 10.3. The zero-order valence-electron chi connectivity index (χ0n) is 21.6. The molecule has 208 valence electrons. The van der Waals surface area contributed by atoms with E-state index in [0.717, 1.165) is 18.2 Å². The van der Waals surface area contributed by atoms with Gasteiger partial charge in [0.15, 0.2) is 22.9 Å². The Labute approximate surface area is 228 Å². The van der Waals surface area contributed by atoms with Crippen molar-refractivity contribution in [2.75, 3.05) is 14.2 Å². The number of fused-ring (bicyclic) bond motifs is 7. The minimum Gasteiger partial charge on any atom is -0.507 e. The lowest BCUT2D eigenvalue weighted by atomic mass is 9.56. The number of hydrogen-bond acceptors (Lipinski definition) is 12. The summed E-state index contributed by atoms with van der Waals surface area (Å²) in [5.74, 6) is -6.22. The molecule has 0 saturated heterocycles. The number of carbonyl (C=O) groups is 2. The SMILES string of the molecule is COc1cc(O)c2c(c1)C1=CC(=O)[C@@]3(O)c4c(OC)cc(O)c5c(=O)oc6cc(O)c(O)c(c6c45)[C@H]3[C@@]1(C)OC2=O. The lowest BCUT2D eigenvalue weighted by Crippen LogP contribution is -2.58. The molecule has 0 saturated carbocycles. The van der Waals surface area contributed by atoms with E-state index in [4.69, 9.17) is 18.6 Å². The molecule has 2 aliphatic carbocycles. The normalized spacial score (nSPS) is 24.0. The predicted molar refractivity (Wildman–Crippen MR) is 140 cm³/mol. The van der Waals surface area contributed by atoms with Crippen LogP contribution in [0.3, 0.4) is 0 Å². The Balaban J connectivity index is 1.72. The molecule has 3 atom stereocenters. The average Bonchev–Trinajstić information content (AvgIpc) is 2.91. The van der Waals surface area contributed by atoms with Crippen LogP contribution in [0.2, 0.25) is 0 Å². The highest BCUT2D eigenvalue weighted by molar-refractivity contribution is 6.20. The van der Waals surface area contributed by atoms with Gasteiger partial charge in [-0.3, -0.25) is 4.79 Å². The Hall–Kier alpha value is -5.23. The number of phenols is 4. The molecule has 4 aromatic rings. The van der Waals surface area contributed by atoms with Gasteiger partial charge in [-0.2, -0.15) is 0 Å². The molecule has 3 aromatic carbocycles. The molecule has 1 aliphatic heterocycles. The van der Waals surface area contributed by atoms with Crippen LogP contribution < -0.4 is 15.1 Å². The first kappa shape index (κ1) is 24.8. The maximum absolute atomic E-state index is 14.2. The number of ketones is 1. The van der Waals surface area contributed by atoms with Crippen molar-refractivity contribution in [1.82, 2.24) is 0 Å². The minimum atomic E-state index is -2.67. The number of hydrogen-bond donors (Lipinski definition) is 5. The Bertz CT molecular complexity index is 2040. The number of phenolic OH excluding ortho intramolecular Hbond substituents is 4. The summed E-state index contributed by atoms with van der Waals surface area (Å²) in [6.07, 6.45) is 1.05. The summed E-state index contributed by atoms with van der Waals surface area (Å²) in [7, 11) is 2.57. The summed E-state index contributed by atoms with van der Waals surface area (Å²) in [6.45, 7) is 1.40. The fraction of sp³-hybridized carbons (Fsp3) is 0.207. The van der Waals surface area contributed by atoms with E-state index < -0.39 is 62.9 Å². The van der Waals surface area contributed by atoms with Crippen molar-refractivity contribution >= 4 is 39.1 Å². The summed E-state index contributed by atoms with van der Waals surface area (Å²) < 4.78 is 22.0. The molecule has 0 unspecified atom stereocenters. The molecule has 0 spiro atoms. The third-order valence-corrected chi connectivity index (χ3v) is 8.38. The molecule has 0 amide bonds. The van der Waals surface area contributed by atoms with Crippen LogP contribution in [0, 0.1) is 0 Å². The van der Waals surface area contributed by atoms with Crippen molar-refractivity contribution in [1.29, 1.82) is 0 Å². The van der Waals surface area contributed by atoms with Crippen molar-refractivity contribution < 1.29 is 53.7 Å². The number of esters is 1. The van der Waals surface area contributed by atoms with E-state index in [9.17, 15) is 39.9 Å². The van der Waals surface area contributed by atoms with Crippen molar-refractivity contribution in [2.45, 2.75) is 24.0 Å². The van der Waals surface area contributed by atoms with Crippen molar-refractivity contribution in [3.8, 4) is 34.5 Å². The molecule has 3 aliphatic rings. The minimum absolute atomic E-state index is 0.0283. The van der Waals surface area contributed by atoms with Gasteiger partial charge >= 0.3 is 11.6 Å². The van der Waals surface area contributed by atoms with Crippen molar-refractivity contribution in [2.24, 2.45) is 0 Å². The zero-order valence-corrected chi connectivity index (χ0v) is 21.6. The van der Waals surface area contributed by atoms with Crippen LogP contribution in [0.25, 0.3) is 27.3 Å². The molecular weight excluding hydrogens is 540 g/mol. The monoisotopic (exact) mass is 560 g/mol. The standard InChI is InChI=1S/C29H20O12/c1-28-11(10-4-9(38-2)5-12(30)18(10)27(36)41-28)6-17(33)29(37)23-16(39-3)7-13(31)19-21(23)20-15(40-26(19)35)8-14(32)24(34)22(20)25(28)29/h4-8,25,30-32,34,37H,1-3H3/t25-,28-,29+/m0/s1. The lowest BCUT2D eigenvalue weighted by Gasteiger charge is -2.53. The molecule has 0 bridgehead atoms. The van der Waals surface area contributed by atoms with Crippen LogP contribution in [0.1, 0.15) is 39.9 Å². The maximum Gasteiger partial charge on any atom is 0.347 e. The number of benzene rings is 3. The van der Waals surface area contributed by atoms with Gasteiger partial charge in [0.25, 0.3) is 0 Å². The van der Waals surface area contributed by atoms with Gasteiger partial charge in [0, 0.05) is 51.2 Å². The van der Waals surface area contributed by atoms with Crippen LogP contribution in [0.15, 0.2) is 39.6 Å². The second kappa shape index (κ2) is 7.49. The van der Waals surface area contributed by atoms with E-state index in [-0.39, 0.29) is 55.7 Å². The number of aromatic hydroxyl groups is 4. The Morgan fingerprint density at radius 3 is 2.29 bits per heavy atom. The molecule has 0 fully saturated rings. The van der Waals surface area contributed by atoms with E-state index in [1.807, 2.05) is 0 Å². The van der Waals surface area contributed by atoms with Crippen molar-refractivity contribution in [3.63, 3.8) is 0 Å². The van der Waals surface area contributed by atoms with E-state index in [2.05, 4.69) is 0 Å². The smallest absolute Gasteiger partial charge is 0.347 e. The fourth-order valence-electron chi connectivity index (χ4n) is 6.75. The fourth-order valence-corrected chi connectivity index (χ4v) is 6.75. The summed E-state index contributed by atoms with van der Waals surface area (Å²) in [5, 5.41) is 55.3. The summed E-state index contributed by atoms with van der Waals surface area (Å²) in [5.41, 5.74) is -6.50. The van der Waals surface area contributed by atoms with E-state index in [1.54, 1.807) is 0 Å². The number of rotatable bonds is 2. The molecule has 41 heavy (non-hydrogen) atoms. The lowest BCUT2D eigenvalue weighted by molar-refractivity contribution is -0.145. The molecule has 0 radical (unpaired) electrons. The molecule has 5 N–H and O–H groups in total.